The van der Waals surface area contributed by atoms with Crippen molar-refractivity contribution >= 4 is 33.2 Å². The molecule has 0 amide bonds. The van der Waals surface area contributed by atoms with E-state index in [1.54, 1.807) is 0 Å². The van der Waals surface area contributed by atoms with Crippen LogP contribution in [0.3, 0.4) is 0 Å². The maximum Gasteiger partial charge on any atom is 0.162 e. The van der Waals surface area contributed by atoms with Crippen LogP contribution in [0.2, 0.25) is 0 Å². The van der Waals surface area contributed by atoms with E-state index in [-0.39, 0.29) is 22.4 Å². The molecule has 0 fully saturated rings. The van der Waals surface area contributed by atoms with Crippen molar-refractivity contribution in [3.63, 3.8) is 0 Å². The highest BCUT2D eigenvalue weighted by molar-refractivity contribution is 9.10. The Morgan fingerprint density at radius 3 is 1.92 bits per heavy atom. The summed E-state index contributed by atoms with van der Waals surface area (Å²) >= 11 is 3.53. The molecule has 0 unspecified atom stereocenters. The molecule has 2 aliphatic carbocycles. The molecule has 2 aromatic carbocycles. The van der Waals surface area contributed by atoms with Gasteiger partial charge in [0.2, 0.25) is 0 Å². The molecule has 5 nitrogen and oxygen atoms in total. The number of halogens is 1. The van der Waals surface area contributed by atoms with Gasteiger partial charge in [-0.05, 0) is 53.5 Å². The number of nitrogens with zero attached hydrogens (tertiary/aromatic N) is 2. The Balaban J connectivity index is 1.65. The minimum absolute atomic E-state index is 0.120. The van der Waals surface area contributed by atoms with Gasteiger partial charge in [0.25, 0.3) is 0 Å². The predicted molar refractivity (Wildman–Crippen MR) is 153 cm³/mol. The van der Waals surface area contributed by atoms with Gasteiger partial charge in [-0.2, -0.15) is 5.10 Å². The summed E-state index contributed by atoms with van der Waals surface area (Å²) in [5.41, 5.74) is 6.91. The molecule has 194 valence electrons. The van der Waals surface area contributed by atoms with E-state index < -0.39 is 5.92 Å². The quantitative estimate of drug-likeness (QED) is 0.350. The van der Waals surface area contributed by atoms with Gasteiger partial charge in [-0.25, -0.2) is 0 Å². The first-order valence-electron chi connectivity index (χ1n) is 13.2. The number of para-hydroxylation sites is 1. The molecule has 1 aromatic heterocycles. The van der Waals surface area contributed by atoms with E-state index in [2.05, 4.69) is 70.9 Å². The lowest BCUT2D eigenvalue weighted by molar-refractivity contribution is -0.119. The van der Waals surface area contributed by atoms with Gasteiger partial charge in [0.05, 0.1) is 11.9 Å². The number of carbonyl (C=O) groups excluding carboxylic acids is 2. The summed E-state index contributed by atoms with van der Waals surface area (Å²) < 4.78 is 0.989. The number of hydrogen-bond donors (Lipinski definition) is 1. The number of hydrogen-bond acceptors (Lipinski definition) is 4. The van der Waals surface area contributed by atoms with E-state index in [1.165, 1.54) is 0 Å². The highest BCUT2D eigenvalue weighted by Gasteiger charge is 2.50. The van der Waals surface area contributed by atoms with Gasteiger partial charge >= 0.3 is 0 Å². The van der Waals surface area contributed by atoms with Crippen molar-refractivity contribution in [1.82, 2.24) is 10.2 Å². The van der Waals surface area contributed by atoms with Crippen molar-refractivity contribution in [1.29, 1.82) is 0 Å². The maximum atomic E-state index is 14.1. The summed E-state index contributed by atoms with van der Waals surface area (Å²) in [6, 6.07) is 18.3. The Hall–Kier alpha value is -3.25. The SMILES string of the molecule is CC1(C)CC(=O)C2=C(C1)N(c1ccccc1)C1=C(C(=O)CC(C)(C)C1)C2c1cn[nH]c1-c1ccc(Br)cc1. The van der Waals surface area contributed by atoms with Crippen LogP contribution in [0.4, 0.5) is 5.69 Å². The standard InChI is InChI=1S/C32H32BrN3O2/c1-31(2)14-23-28(25(37)16-31)27(22-18-34-35-30(22)19-10-12-20(33)13-11-19)29-24(15-32(3,4)17-26(29)38)36(23)21-8-6-5-7-9-21/h5-13,18,27H,14-17H2,1-4H3,(H,34,35). The Morgan fingerprint density at radius 2 is 1.37 bits per heavy atom. The summed E-state index contributed by atoms with van der Waals surface area (Å²) in [5, 5.41) is 7.63. The number of ketones is 2. The third-order valence-corrected chi connectivity index (χ3v) is 8.57. The van der Waals surface area contributed by atoms with Gasteiger partial charge in [0, 0.05) is 57.0 Å². The van der Waals surface area contributed by atoms with Gasteiger partial charge in [-0.15, -0.1) is 0 Å². The third-order valence-electron chi connectivity index (χ3n) is 8.04. The molecular weight excluding hydrogens is 538 g/mol. The molecule has 1 aliphatic heterocycles. The van der Waals surface area contributed by atoms with Gasteiger partial charge in [-0.3, -0.25) is 14.7 Å². The second-order valence-corrected chi connectivity index (χ2v) is 13.3. The Kier molecular flexibility index (Phi) is 5.87. The fraction of sp³-hybridized carbons (Fsp3) is 0.344. The first-order valence-corrected chi connectivity index (χ1v) is 14.0. The fourth-order valence-corrected chi connectivity index (χ4v) is 6.79. The van der Waals surface area contributed by atoms with E-state index in [0.717, 1.165) is 62.4 Å². The first kappa shape index (κ1) is 25.1. The van der Waals surface area contributed by atoms with Gasteiger partial charge in [0.1, 0.15) is 0 Å². The van der Waals surface area contributed by atoms with Crippen LogP contribution < -0.4 is 4.90 Å². The number of Topliss-reactive ketones (excluding diaryl/α,β-unsaturated/α-hetero) is 2. The second kappa shape index (κ2) is 8.91. The zero-order valence-electron chi connectivity index (χ0n) is 22.3. The van der Waals surface area contributed by atoms with Crippen LogP contribution in [-0.4, -0.2) is 21.8 Å². The molecule has 0 saturated carbocycles. The largest absolute Gasteiger partial charge is 0.317 e. The molecular formula is C32H32BrN3O2. The van der Waals surface area contributed by atoms with Crippen molar-refractivity contribution in [2.45, 2.75) is 59.3 Å². The molecule has 0 radical (unpaired) electrons. The number of allylic oxidation sites excluding steroid dienone is 4. The maximum absolute atomic E-state index is 14.1. The molecule has 1 N–H and O–H groups in total. The molecule has 0 spiro atoms. The predicted octanol–water partition coefficient (Wildman–Crippen LogP) is 7.73. The zero-order valence-corrected chi connectivity index (χ0v) is 23.9. The molecule has 6 heteroatoms. The highest BCUT2D eigenvalue weighted by Crippen LogP contribution is 2.56. The smallest absolute Gasteiger partial charge is 0.162 e. The average Bonchev–Trinajstić information content (AvgIpc) is 3.32. The summed E-state index contributed by atoms with van der Waals surface area (Å²) in [7, 11) is 0. The molecule has 0 bridgehead atoms. The number of nitrogens with one attached hydrogen (secondary N) is 1. The van der Waals surface area contributed by atoms with Gasteiger partial charge < -0.3 is 4.90 Å². The minimum atomic E-state index is -0.440. The number of H-pyrrole nitrogens is 1. The van der Waals surface area contributed by atoms with Crippen LogP contribution in [0.15, 0.2) is 87.8 Å². The summed E-state index contributed by atoms with van der Waals surface area (Å²) in [4.78, 5) is 30.4. The van der Waals surface area contributed by atoms with Crippen LogP contribution in [0.1, 0.15) is 64.9 Å². The van der Waals surface area contributed by atoms with Gasteiger partial charge in [0.15, 0.2) is 11.6 Å². The van der Waals surface area contributed by atoms with Crippen molar-refractivity contribution in [3.8, 4) is 11.3 Å². The normalized spacial score (nSPS) is 21.0. The van der Waals surface area contributed by atoms with Crippen molar-refractivity contribution < 1.29 is 9.59 Å². The second-order valence-electron chi connectivity index (χ2n) is 12.4. The number of rotatable bonds is 3. The molecule has 6 rings (SSSR count). The van der Waals surface area contributed by atoms with E-state index >= 15 is 0 Å². The first-order chi connectivity index (χ1) is 18.0. The highest BCUT2D eigenvalue weighted by atomic mass is 79.9. The zero-order chi connectivity index (χ0) is 26.8. The van der Waals surface area contributed by atoms with E-state index in [4.69, 9.17) is 0 Å². The van der Waals surface area contributed by atoms with Crippen LogP contribution in [-0.2, 0) is 9.59 Å². The monoisotopic (exact) mass is 569 g/mol. The fourth-order valence-electron chi connectivity index (χ4n) is 6.53. The molecule has 0 saturated heterocycles. The van der Waals surface area contributed by atoms with E-state index in [0.29, 0.717) is 12.8 Å². The number of carbonyl (C=O) groups is 2. The molecule has 0 atom stereocenters. The number of benzene rings is 2. The topological polar surface area (TPSA) is 66.1 Å². The lowest BCUT2D eigenvalue weighted by Gasteiger charge is -2.49. The Labute approximate surface area is 232 Å². The number of aromatic amines is 1. The summed E-state index contributed by atoms with van der Waals surface area (Å²) in [6.45, 7) is 8.66. The summed E-state index contributed by atoms with van der Waals surface area (Å²) in [6.07, 6.45) is 4.25. The number of aromatic nitrogens is 2. The van der Waals surface area contributed by atoms with Gasteiger partial charge in [-0.1, -0.05) is 74.0 Å². The van der Waals surface area contributed by atoms with Crippen LogP contribution >= 0.6 is 15.9 Å². The lowest BCUT2D eigenvalue weighted by Crippen LogP contribution is -2.44. The third kappa shape index (κ3) is 4.19. The molecule has 3 aromatic rings. The molecule has 3 aliphatic rings. The van der Waals surface area contributed by atoms with Crippen LogP contribution in [0.25, 0.3) is 11.3 Å². The van der Waals surface area contributed by atoms with E-state index in [9.17, 15) is 9.59 Å². The van der Waals surface area contributed by atoms with Crippen LogP contribution in [0, 0.1) is 10.8 Å². The molecule has 2 heterocycles. The Bertz CT molecular complexity index is 1460. The lowest BCUT2D eigenvalue weighted by atomic mass is 9.63. The molecule has 38 heavy (non-hydrogen) atoms. The van der Waals surface area contributed by atoms with E-state index in [1.807, 2.05) is 48.7 Å². The summed E-state index contributed by atoms with van der Waals surface area (Å²) in [5.74, 6) is -0.201. The van der Waals surface area contributed by atoms with Crippen molar-refractivity contribution in [2.75, 3.05) is 4.90 Å². The van der Waals surface area contributed by atoms with Crippen LogP contribution in [0.5, 0.6) is 0 Å². The average molecular weight is 571 g/mol. The minimum Gasteiger partial charge on any atom is -0.317 e. The van der Waals surface area contributed by atoms with Crippen molar-refractivity contribution in [2.24, 2.45) is 10.8 Å². The number of anilines is 1. The van der Waals surface area contributed by atoms with Crippen molar-refractivity contribution in [3.05, 3.63) is 93.4 Å². The Morgan fingerprint density at radius 1 is 0.816 bits per heavy atom.